The summed E-state index contributed by atoms with van der Waals surface area (Å²) in [5, 5.41) is 18.6. The van der Waals surface area contributed by atoms with E-state index in [-0.39, 0.29) is 16.9 Å². The van der Waals surface area contributed by atoms with Crippen molar-refractivity contribution < 1.29 is 10.2 Å². The van der Waals surface area contributed by atoms with Crippen LogP contribution in [-0.4, -0.2) is 38.1 Å². The zero-order valence-corrected chi connectivity index (χ0v) is 16.4. The predicted octanol–water partition coefficient (Wildman–Crippen LogP) is 3.90. The molecule has 3 aromatic carbocycles. The fourth-order valence-corrected chi connectivity index (χ4v) is 2.84. The Morgan fingerprint density at radius 3 is 1.29 bits per heavy atom. The Kier molecular flexibility index (Phi) is 6.50. The number of benzene rings is 3. The average Bonchev–Trinajstić information content (AvgIpc) is 2.57. The van der Waals surface area contributed by atoms with Crippen LogP contribution in [0.5, 0.6) is 11.5 Å². The molecule has 0 spiro atoms. The molecule has 0 saturated carbocycles. The summed E-state index contributed by atoms with van der Waals surface area (Å²) in [7, 11) is 0. The Bertz CT molecular complexity index is 701. The molecule has 3 heteroatoms. The number of hydrogen-bond acceptors (Lipinski definition) is 2. The molecule has 0 bridgehead atoms. The van der Waals surface area contributed by atoms with E-state index in [1.165, 1.54) is 30.7 Å². The second kappa shape index (κ2) is 8.39. The van der Waals surface area contributed by atoms with Crippen LogP contribution < -0.4 is 2.81 Å². The van der Waals surface area contributed by atoms with E-state index in [0.717, 1.165) is 11.1 Å². The second-order valence-corrected chi connectivity index (χ2v) is 7.53. The summed E-state index contributed by atoms with van der Waals surface area (Å²) >= 11 is 1.17. The Hall–Kier alpha value is -1.74. The van der Waals surface area contributed by atoms with Crippen LogP contribution in [0, 0.1) is 0 Å². The molecule has 118 valence electrons. The van der Waals surface area contributed by atoms with Crippen LogP contribution in [0.2, 0.25) is 0 Å². The molecule has 2 nitrogen and oxygen atoms in total. The van der Waals surface area contributed by atoms with Crippen LogP contribution in [-0.2, 0) is 5.41 Å². The van der Waals surface area contributed by atoms with E-state index in [9.17, 15) is 10.2 Å². The molecule has 0 atom stereocenters. The summed E-state index contributed by atoms with van der Waals surface area (Å²) in [4.78, 5) is 0. The van der Waals surface area contributed by atoms with Gasteiger partial charge in [-0.05, 0) is 35.4 Å². The van der Waals surface area contributed by atoms with Crippen molar-refractivity contribution in [3.05, 3.63) is 90.0 Å². The summed E-state index contributed by atoms with van der Waals surface area (Å²) in [5.74, 6) is 0.547. The molecule has 2 N–H and O–H groups in total. The molecule has 0 fully saturated rings. The molecule has 3 aromatic rings. The fourth-order valence-electron chi connectivity index (χ4n) is 2.46. The topological polar surface area (TPSA) is 40.5 Å². The van der Waals surface area contributed by atoms with Gasteiger partial charge in [0.2, 0.25) is 0 Å². The van der Waals surface area contributed by atoms with Crippen molar-refractivity contribution in [3.8, 4) is 11.5 Å². The third-order valence-corrected chi connectivity index (χ3v) is 4.79. The van der Waals surface area contributed by atoms with E-state index >= 15 is 0 Å². The first-order chi connectivity index (χ1) is 11.4. The van der Waals surface area contributed by atoms with Crippen LogP contribution in [0.15, 0.2) is 78.9 Å². The number of rotatable bonds is 2. The van der Waals surface area contributed by atoms with Crippen molar-refractivity contribution in [2.24, 2.45) is 0 Å². The van der Waals surface area contributed by atoms with Crippen LogP contribution in [0.25, 0.3) is 0 Å². The summed E-state index contributed by atoms with van der Waals surface area (Å²) in [6.45, 7) is 4.23. The first-order valence-corrected chi connectivity index (χ1v) is 9.00. The van der Waals surface area contributed by atoms with E-state index in [1.807, 2.05) is 30.3 Å². The van der Waals surface area contributed by atoms with Gasteiger partial charge in [0, 0.05) is 5.41 Å². The fraction of sp³-hybridized carbons (Fsp3) is 0.143. The predicted molar refractivity (Wildman–Crippen MR) is 100 cm³/mol. The number of hydrogen-bond donors (Lipinski definition) is 2. The van der Waals surface area contributed by atoms with Gasteiger partial charge in [0.1, 0.15) is 11.5 Å². The van der Waals surface area contributed by atoms with E-state index in [0.29, 0.717) is 0 Å². The molecular formula is C21H21NaO2. The molecule has 0 amide bonds. The molecular weight excluding hydrogens is 307 g/mol. The molecule has 0 radical (unpaired) electrons. The maximum atomic E-state index is 9.30. The Morgan fingerprint density at radius 2 is 1.00 bits per heavy atom. The SMILES string of the molecule is CC(C)(c1ccc(O)cc1)c1ccc(O)cc1.[Na][c]1ccccc1. The molecule has 0 unspecified atom stereocenters. The average molecular weight is 328 g/mol. The van der Waals surface area contributed by atoms with Gasteiger partial charge in [0.25, 0.3) is 0 Å². The van der Waals surface area contributed by atoms with Crippen LogP contribution in [0.3, 0.4) is 0 Å². The zero-order valence-electron chi connectivity index (χ0n) is 14.4. The quantitative estimate of drug-likeness (QED) is 0.700. The summed E-state index contributed by atoms with van der Waals surface area (Å²) in [5.41, 5.74) is 2.10. The van der Waals surface area contributed by atoms with Crippen LogP contribution in [0.1, 0.15) is 25.0 Å². The van der Waals surface area contributed by atoms with Crippen molar-refractivity contribution in [2.45, 2.75) is 19.3 Å². The number of phenolic OH excluding ortho intramolecular Hbond substituents is 2. The summed E-state index contributed by atoms with van der Waals surface area (Å²) in [6.07, 6.45) is 0. The standard InChI is InChI=1S/C15H16O2.C6H5.Na/c1-15(2,11-3-7-13(16)8-4-11)12-5-9-14(17)10-6-12;1-2-4-6-5-3-1;/h3-10,16-17H,1-2H3;1-5H;. The van der Waals surface area contributed by atoms with Gasteiger partial charge >= 0.3 is 61.1 Å². The summed E-state index contributed by atoms with van der Waals surface area (Å²) in [6, 6.07) is 24.9. The molecule has 3 rings (SSSR count). The summed E-state index contributed by atoms with van der Waals surface area (Å²) < 4.78 is 1.46. The minimum absolute atomic E-state index is 0.151. The Labute approximate surface area is 161 Å². The van der Waals surface area contributed by atoms with Crippen molar-refractivity contribution >= 4 is 30.7 Å². The Balaban J connectivity index is 0.000000249. The molecule has 0 saturated heterocycles. The third kappa shape index (κ3) is 5.13. The molecule has 24 heavy (non-hydrogen) atoms. The van der Waals surface area contributed by atoms with Gasteiger partial charge in [-0.15, -0.1) is 0 Å². The van der Waals surface area contributed by atoms with E-state index in [1.54, 1.807) is 24.3 Å². The van der Waals surface area contributed by atoms with Crippen molar-refractivity contribution in [1.29, 1.82) is 0 Å². The van der Waals surface area contributed by atoms with E-state index < -0.39 is 0 Å². The van der Waals surface area contributed by atoms with Gasteiger partial charge in [-0.3, -0.25) is 0 Å². The molecule has 0 aromatic heterocycles. The zero-order chi connectivity index (χ0) is 17.6. The third-order valence-electron chi connectivity index (χ3n) is 4.12. The molecule has 0 heterocycles. The monoisotopic (exact) mass is 328 g/mol. The maximum absolute atomic E-state index is 9.30. The first-order valence-electron chi connectivity index (χ1n) is 8.00. The Morgan fingerprint density at radius 1 is 0.625 bits per heavy atom. The van der Waals surface area contributed by atoms with Gasteiger partial charge < -0.3 is 10.2 Å². The van der Waals surface area contributed by atoms with Crippen LogP contribution in [0.4, 0.5) is 0 Å². The molecule has 0 aliphatic heterocycles. The second-order valence-electron chi connectivity index (χ2n) is 6.37. The van der Waals surface area contributed by atoms with Gasteiger partial charge in [-0.2, -0.15) is 0 Å². The number of aromatic hydroxyl groups is 2. The van der Waals surface area contributed by atoms with Gasteiger partial charge in [-0.25, -0.2) is 0 Å². The first kappa shape index (κ1) is 18.6. The van der Waals surface area contributed by atoms with Crippen molar-refractivity contribution in [2.75, 3.05) is 0 Å². The van der Waals surface area contributed by atoms with Gasteiger partial charge in [-0.1, -0.05) is 38.1 Å². The van der Waals surface area contributed by atoms with Crippen LogP contribution >= 0.6 is 0 Å². The normalized spacial score (nSPS) is 10.7. The molecule has 0 aliphatic rings. The van der Waals surface area contributed by atoms with Crippen molar-refractivity contribution in [3.63, 3.8) is 0 Å². The van der Waals surface area contributed by atoms with Gasteiger partial charge in [0.15, 0.2) is 0 Å². The van der Waals surface area contributed by atoms with Crippen molar-refractivity contribution in [1.82, 2.24) is 0 Å². The van der Waals surface area contributed by atoms with E-state index in [4.69, 9.17) is 0 Å². The number of phenols is 2. The van der Waals surface area contributed by atoms with E-state index in [2.05, 4.69) is 38.1 Å². The minimum atomic E-state index is -0.151. The van der Waals surface area contributed by atoms with Gasteiger partial charge in [0.05, 0.1) is 0 Å². The molecule has 0 aliphatic carbocycles.